The molecule has 0 spiro atoms. The molecule has 3 aromatic rings. The summed E-state index contributed by atoms with van der Waals surface area (Å²) in [7, 11) is 0. The molecule has 1 heterocycles. The topological polar surface area (TPSA) is 38.8 Å². The minimum absolute atomic E-state index is 0.0362. The highest BCUT2D eigenvalue weighted by Crippen LogP contribution is 2.38. The number of ether oxygens (including phenoxy) is 2. The Hall–Kier alpha value is -3.24. The molecule has 0 aromatic heterocycles. The van der Waals surface area contributed by atoms with Crippen LogP contribution in [-0.4, -0.2) is 19.1 Å². The van der Waals surface area contributed by atoms with Crippen LogP contribution >= 0.6 is 11.6 Å². The van der Waals surface area contributed by atoms with Crippen molar-refractivity contribution in [1.29, 1.82) is 0 Å². The third-order valence-corrected chi connectivity index (χ3v) is 5.55. The molecule has 5 heteroatoms. The fourth-order valence-electron chi connectivity index (χ4n) is 3.80. The third-order valence-electron chi connectivity index (χ3n) is 5.29. The van der Waals surface area contributed by atoms with Crippen molar-refractivity contribution in [3.8, 4) is 11.5 Å². The van der Waals surface area contributed by atoms with Crippen molar-refractivity contribution in [1.82, 2.24) is 0 Å². The Morgan fingerprint density at radius 3 is 2.47 bits per heavy atom. The van der Waals surface area contributed by atoms with Gasteiger partial charge in [-0.2, -0.15) is 0 Å². The fraction of sp³-hybridized carbons (Fsp3) is 0.222. The molecule has 1 aliphatic rings. The SMILES string of the molecule is CCCN1C(=O)/C(=C\c2ccc(OCc3ccc(Cl)cc3)c(OCC)c2)c2ccccc21. The Morgan fingerprint density at radius 2 is 1.72 bits per heavy atom. The normalized spacial score (nSPS) is 14.0. The lowest BCUT2D eigenvalue weighted by Crippen LogP contribution is -2.26. The second kappa shape index (κ2) is 9.92. The van der Waals surface area contributed by atoms with Crippen LogP contribution in [0.2, 0.25) is 5.02 Å². The van der Waals surface area contributed by atoms with Gasteiger partial charge in [0.05, 0.1) is 12.3 Å². The molecule has 0 saturated heterocycles. The fourth-order valence-corrected chi connectivity index (χ4v) is 3.93. The number of benzene rings is 3. The number of amides is 1. The van der Waals surface area contributed by atoms with E-state index in [1.807, 2.05) is 84.6 Å². The Labute approximate surface area is 194 Å². The van der Waals surface area contributed by atoms with Gasteiger partial charge in [0.1, 0.15) is 6.61 Å². The number of para-hydroxylation sites is 1. The minimum Gasteiger partial charge on any atom is -0.490 e. The molecule has 1 amide bonds. The molecule has 4 rings (SSSR count). The zero-order valence-electron chi connectivity index (χ0n) is 18.3. The lowest BCUT2D eigenvalue weighted by Gasteiger charge is -2.15. The van der Waals surface area contributed by atoms with Crippen molar-refractivity contribution in [3.05, 3.63) is 88.4 Å². The predicted molar refractivity (Wildman–Crippen MR) is 130 cm³/mol. The maximum atomic E-state index is 13.1. The van der Waals surface area contributed by atoms with E-state index in [2.05, 4.69) is 6.92 Å². The number of nitrogens with zero attached hydrogens (tertiary/aromatic N) is 1. The number of fused-ring (bicyclic) bond motifs is 1. The molecule has 0 saturated carbocycles. The van der Waals surface area contributed by atoms with E-state index in [-0.39, 0.29) is 5.91 Å². The van der Waals surface area contributed by atoms with Crippen LogP contribution in [0.25, 0.3) is 11.6 Å². The van der Waals surface area contributed by atoms with Crippen LogP contribution in [0.3, 0.4) is 0 Å². The van der Waals surface area contributed by atoms with Gasteiger partial charge in [-0.05, 0) is 60.9 Å². The number of carbonyl (C=O) groups is 1. The Morgan fingerprint density at radius 1 is 0.938 bits per heavy atom. The molecular weight excluding hydrogens is 422 g/mol. The first-order valence-corrected chi connectivity index (χ1v) is 11.3. The minimum atomic E-state index is 0.0362. The number of hydrogen-bond donors (Lipinski definition) is 0. The van der Waals surface area contributed by atoms with E-state index in [0.29, 0.717) is 41.9 Å². The molecular formula is C27H26ClNO3. The third kappa shape index (κ3) is 4.66. The Balaban J connectivity index is 1.61. The van der Waals surface area contributed by atoms with Crippen molar-refractivity contribution in [3.63, 3.8) is 0 Å². The van der Waals surface area contributed by atoms with Gasteiger partial charge in [0.25, 0.3) is 5.91 Å². The first-order chi connectivity index (χ1) is 15.6. The van der Waals surface area contributed by atoms with Gasteiger partial charge in [-0.15, -0.1) is 0 Å². The van der Waals surface area contributed by atoms with Gasteiger partial charge >= 0.3 is 0 Å². The highest BCUT2D eigenvalue weighted by atomic mass is 35.5. The van der Waals surface area contributed by atoms with E-state index in [4.69, 9.17) is 21.1 Å². The van der Waals surface area contributed by atoms with Crippen LogP contribution in [0.4, 0.5) is 5.69 Å². The molecule has 0 aliphatic carbocycles. The molecule has 0 N–H and O–H groups in total. The van der Waals surface area contributed by atoms with Crippen molar-refractivity contribution >= 4 is 34.8 Å². The Kier molecular flexibility index (Phi) is 6.81. The van der Waals surface area contributed by atoms with Crippen molar-refractivity contribution < 1.29 is 14.3 Å². The van der Waals surface area contributed by atoms with Gasteiger partial charge in [-0.25, -0.2) is 0 Å². The van der Waals surface area contributed by atoms with Crippen molar-refractivity contribution in [2.75, 3.05) is 18.1 Å². The second-order valence-corrected chi connectivity index (χ2v) is 8.02. The first-order valence-electron chi connectivity index (χ1n) is 10.9. The molecule has 0 atom stereocenters. The zero-order chi connectivity index (χ0) is 22.5. The largest absolute Gasteiger partial charge is 0.490 e. The smallest absolute Gasteiger partial charge is 0.258 e. The summed E-state index contributed by atoms with van der Waals surface area (Å²) in [6.07, 6.45) is 2.84. The predicted octanol–water partition coefficient (Wildman–Crippen LogP) is 6.61. The molecule has 0 bridgehead atoms. The number of halogens is 1. The van der Waals surface area contributed by atoms with E-state index in [1.165, 1.54) is 0 Å². The number of carbonyl (C=O) groups excluding carboxylic acids is 1. The lowest BCUT2D eigenvalue weighted by molar-refractivity contribution is -0.113. The van der Waals surface area contributed by atoms with Gasteiger partial charge < -0.3 is 14.4 Å². The monoisotopic (exact) mass is 447 g/mol. The highest BCUT2D eigenvalue weighted by molar-refractivity contribution is 6.35. The average molecular weight is 448 g/mol. The van der Waals surface area contributed by atoms with Crippen LogP contribution in [0, 0.1) is 0 Å². The molecule has 32 heavy (non-hydrogen) atoms. The Bertz CT molecular complexity index is 1140. The van der Waals surface area contributed by atoms with Crippen LogP contribution in [0.1, 0.15) is 37.0 Å². The first kappa shape index (κ1) is 22.0. The molecule has 4 nitrogen and oxygen atoms in total. The number of hydrogen-bond acceptors (Lipinski definition) is 3. The molecule has 0 radical (unpaired) electrons. The maximum absolute atomic E-state index is 13.1. The van der Waals surface area contributed by atoms with E-state index in [9.17, 15) is 4.79 Å². The van der Waals surface area contributed by atoms with Crippen LogP contribution in [-0.2, 0) is 11.4 Å². The van der Waals surface area contributed by atoms with E-state index < -0.39 is 0 Å². The van der Waals surface area contributed by atoms with Gasteiger partial charge in [0, 0.05) is 22.7 Å². The van der Waals surface area contributed by atoms with Gasteiger partial charge in [-0.3, -0.25) is 4.79 Å². The zero-order valence-corrected chi connectivity index (χ0v) is 19.1. The molecule has 164 valence electrons. The lowest BCUT2D eigenvalue weighted by atomic mass is 10.0. The van der Waals surface area contributed by atoms with Crippen molar-refractivity contribution in [2.24, 2.45) is 0 Å². The summed E-state index contributed by atoms with van der Waals surface area (Å²) in [5, 5.41) is 0.696. The van der Waals surface area contributed by atoms with E-state index in [1.54, 1.807) is 0 Å². The molecule has 0 fully saturated rings. The molecule has 1 aliphatic heterocycles. The van der Waals surface area contributed by atoms with E-state index in [0.717, 1.165) is 28.8 Å². The average Bonchev–Trinajstić information content (AvgIpc) is 3.06. The van der Waals surface area contributed by atoms with Gasteiger partial charge in [0.2, 0.25) is 0 Å². The summed E-state index contributed by atoms with van der Waals surface area (Å²) in [5.74, 6) is 1.35. The van der Waals surface area contributed by atoms with Gasteiger partial charge in [0.15, 0.2) is 11.5 Å². The quantitative estimate of drug-likeness (QED) is 0.364. The summed E-state index contributed by atoms with van der Waals surface area (Å²) in [6, 6.07) is 21.3. The number of anilines is 1. The summed E-state index contributed by atoms with van der Waals surface area (Å²) >= 11 is 5.96. The van der Waals surface area contributed by atoms with Crippen LogP contribution in [0.15, 0.2) is 66.7 Å². The maximum Gasteiger partial charge on any atom is 0.258 e. The van der Waals surface area contributed by atoms with E-state index >= 15 is 0 Å². The highest BCUT2D eigenvalue weighted by Gasteiger charge is 2.31. The van der Waals surface area contributed by atoms with Crippen LogP contribution < -0.4 is 14.4 Å². The standard InChI is InChI=1S/C27H26ClNO3/c1-3-15-29-24-8-6-5-7-22(24)23(27(29)30)16-20-11-14-25(26(17-20)31-4-2)32-18-19-9-12-21(28)13-10-19/h5-14,16-17H,3-4,15,18H2,1-2H3/b23-16-. The van der Waals surface area contributed by atoms with Crippen LogP contribution in [0.5, 0.6) is 11.5 Å². The van der Waals surface area contributed by atoms with Crippen molar-refractivity contribution in [2.45, 2.75) is 26.9 Å². The van der Waals surface area contributed by atoms with Gasteiger partial charge in [-0.1, -0.05) is 54.9 Å². The number of rotatable bonds is 8. The molecule has 0 unspecified atom stereocenters. The molecule has 3 aromatic carbocycles. The second-order valence-electron chi connectivity index (χ2n) is 7.59. The summed E-state index contributed by atoms with van der Waals surface area (Å²) in [4.78, 5) is 15.0. The summed E-state index contributed by atoms with van der Waals surface area (Å²) < 4.78 is 11.8. The summed E-state index contributed by atoms with van der Waals surface area (Å²) in [5.41, 5.74) is 4.55. The summed E-state index contributed by atoms with van der Waals surface area (Å²) in [6.45, 7) is 5.65.